The summed E-state index contributed by atoms with van der Waals surface area (Å²) < 4.78 is 5.72. The van der Waals surface area contributed by atoms with Gasteiger partial charge < -0.3 is 15.4 Å². The Morgan fingerprint density at radius 3 is 2.60 bits per heavy atom. The number of benzene rings is 2. The van der Waals surface area contributed by atoms with Crippen molar-refractivity contribution in [2.24, 2.45) is 11.7 Å². The fourth-order valence-electron chi connectivity index (χ4n) is 2.98. The molecule has 0 spiro atoms. The Hall–Kier alpha value is -2.53. The minimum Gasteiger partial charge on any atom is -0.457 e. The normalized spacial score (nSPS) is 16.7. The van der Waals surface area contributed by atoms with Crippen LogP contribution in [0.25, 0.3) is 0 Å². The Bertz CT molecular complexity index is 776. The fourth-order valence-corrected chi connectivity index (χ4v) is 3.16. The number of amides is 2. The van der Waals surface area contributed by atoms with Gasteiger partial charge in [-0.3, -0.25) is 9.59 Å². The highest BCUT2D eigenvalue weighted by molar-refractivity contribution is 6.30. The summed E-state index contributed by atoms with van der Waals surface area (Å²) in [5.41, 5.74) is 5.83. The SMILES string of the molecule is NC(=O)CC1CCN(C(=O)c2ccc(Oc3cccc(Cl)c3)cc2)C1. The van der Waals surface area contributed by atoms with E-state index in [1.165, 1.54) is 0 Å². The van der Waals surface area contributed by atoms with E-state index < -0.39 is 0 Å². The van der Waals surface area contributed by atoms with Gasteiger partial charge in [0.25, 0.3) is 5.91 Å². The maximum atomic E-state index is 12.5. The smallest absolute Gasteiger partial charge is 0.253 e. The van der Waals surface area contributed by atoms with Crippen molar-refractivity contribution in [1.82, 2.24) is 4.90 Å². The average Bonchev–Trinajstić information content (AvgIpc) is 3.02. The topological polar surface area (TPSA) is 72.6 Å². The minimum absolute atomic E-state index is 0.0405. The molecule has 0 saturated carbocycles. The van der Waals surface area contributed by atoms with E-state index >= 15 is 0 Å². The quantitative estimate of drug-likeness (QED) is 0.889. The van der Waals surface area contributed by atoms with E-state index in [1.807, 2.05) is 12.1 Å². The molecule has 2 aromatic rings. The van der Waals surface area contributed by atoms with Crippen LogP contribution in [0.5, 0.6) is 11.5 Å². The molecule has 1 atom stereocenters. The molecule has 5 nitrogen and oxygen atoms in total. The van der Waals surface area contributed by atoms with E-state index in [1.54, 1.807) is 41.3 Å². The zero-order valence-electron chi connectivity index (χ0n) is 13.7. The predicted molar refractivity (Wildman–Crippen MR) is 95.8 cm³/mol. The Balaban J connectivity index is 1.62. The van der Waals surface area contributed by atoms with Crippen LogP contribution in [-0.4, -0.2) is 29.8 Å². The summed E-state index contributed by atoms with van der Waals surface area (Å²) in [6.45, 7) is 1.22. The summed E-state index contributed by atoms with van der Waals surface area (Å²) in [5, 5.41) is 0.601. The Morgan fingerprint density at radius 1 is 1.16 bits per heavy atom. The number of primary amides is 1. The zero-order valence-corrected chi connectivity index (χ0v) is 14.4. The van der Waals surface area contributed by atoms with Gasteiger partial charge in [-0.25, -0.2) is 0 Å². The molecule has 1 fully saturated rings. The number of rotatable bonds is 5. The molecule has 2 N–H and O–H groups in total. The summed E-state index contributed by atoms with van der Waals surface area (Å²) in [4.78, 5) is 25.3. The average molecular weight is 359 g/mol. The predicted octanol–water partition coefficient (Wildman–Crippen LogP) is 3.47. The number of hydrogen-bond acceptors (Lipinski definition) is 3. The van der Waals surface area contributed by atoms with Crippen molar-refractivity contribution < 1.29 is 14.3 Å². The highest BCUT2D eigenvalue weighted by Gasteiger charge is 2.27. The lowest BCUT2D eigenvalue weighted by molar-refractivity contribution is -0.118. The molecule has 0 aromatic heterocycles. The number of nitrogens with zero attached hydrogens (tertiary/aromatic N) is 1. The molecule has 1 saturated heterocycles. The molecule has 2 amide bonds. The highest BCUT2D eigenvalue weighted by atomic mass is 35.5. The molecular formula is C19H19ClN2O3. The van der Waals surface area contributed by atoms with E-state index in [-0.39, 0.29) is 17.7 Å². The van der Waals surface area contributed by atoms with Crippen LogP contribution in [0.15, 0.2) is 48.5 Å². The third kappa shape index (κ3) is 4.51. The maximum Gasteiger partial charge on any atom is 0.253 e. The molecule has 1 unspecified atom stereocenters. The van der Waals surface area contributed by atoms with Crippen LogP contribution in [0.1, 0.15) is 23.2 Å². The Kier molecular flexibility index (Phi) is 5.24. The van der Waals surface area contributed by atoms with Crippen LogP contribution < -0.4 is 10.5 Å². The molecule has 1 heterocycles. The van der Waals surface area contributed by atoms with E-state index in [0.29, 0.717) is 41.6 Å². The third-order valence-electron chi connectivity index (χ3n) is 4.20. The highest BCUT2D eigenvalue weighted by Crippen LogP contribution is 2.26. The maximum absolute atomic E-state index is 12.5. The summed E-state index contributed by atoms with van der Waals surface area (Å²) in [7, 11) is 0. The van der Waals surface area contributed by atoms with Crippen molar-refractivity contribution in [3.05, 3.63) is 59.1 Å². The standard InChI is InChI=1S/C19H19ClN2O3/c20-15-2-1-3-17(11-15)25-16-6-4-14(5-7-16)19(24)22-9-8-13(12-22)10-18(21)23/h1-7,11,13H,8-10,12H2,(H2,21,23). The number of ether oxygens (including phenoxy) is 1. The van der Waals surface area contributed by atoms with Gasteiger partial charge in [-0.2, -0.15) is 0 Å². The number of hydrogen-bond donors (Lipinski definition) is 1. The van der Waals surface area contributed by atoms with Gasteiger partial charge in [0.15, 0.2) is 0 Å². The lowest BCUT2D eigenvalue weighted by atomic mass is 10.1. The van der Waals surface area contributed by atoms with Gasteiger partial charge in [-0.1, -0.05) is 17.7 Å². The van der Waals surface area contributed by atoms with Gasteiger partial charge in [-0.05, 0) is 54.8 Å². The van der Waals surface area contributed by atoms with Gasteiger partial charge >= 0.3 is 0 Å². The van der Waals surface area contributed by atoms with Crippen LogP contribution in [-0.2, 0) is 4.79 Å². The molecular weight excluding hydrogens is 340 g/mol. The summed E-state index contributed by atoms with van der Waals surface area (Å²) in [6, 6.07) is 14.1. The molecule has 0 bridgehead atoms. The van der Waals surface area contributed by atoms with Crippen molar-refractivity contribution in [3.8, 4) is 11.5 Å². The van der Waals surface area contributed by atoms with Gasteiger partial charge in [0.1, 0.15) is 11.5 Å². The number of likely N-dealkylation sites (tertiary alicyclic amines) is 1. The van der Waals surface area contributed by atoms with Crippen molar-refractivity contribution in [3.63, 3.8) is 0 Å². The number of carbonyl (C=O) groups excluding carboxylic acids is 2. The van der Waals surface area contributed by atoms with Gasteiger partial charge in [-0.15, -0.1) is 0 Å². The van der Waals surface area contributed by atoms with Gasteiger partial charge in [0.2, 0.25) is 5.91 Å². The van der Waals surface area contributed by atoms with Crippen molar-refractivity contribution in [2.75, 3.05) is 13.1 Å². The van der Waals surface area contributed by atoms with Crippen LogP contribution >= 0.6 is 11.6 Å². The first-order chi connectivity index (χ1) is 12.0. The third-order valence-corrected chi connectivity index (χ3v) is 4.43. The number of halogens is 1. The molecule has 25 heavy (non-hydrogen) atoms. The molecule has 3 rings (SSSR count). The number of carbonyl (C=O) groups is 2. The molecule has 130 valence electrons. The molecule has 0 aliphatic carbocycles. The molecule has 1 aliphatic heterocycles. The van der Waals surface area contributed by atoms with Crippen LogP contribution in [0.2, 0.25) is 5.02 Å². The van der Waals surface area contributed by atoms with Crippen LogP contribution in [0.4, 0.5) is 0 Å². The lowest BCUT2D eigenvalue weighted by Crippen LogP contribution is -2.29. The van der Waals surface area contributed by atoms with E-state index in [9.17, 15) is 9.59 Å². The summed E-state index contributed by atoms with van der Waals surface area (Å²) in [5.74, 6) is 1.07. The molecule has 6 heteroatoms. The number of nitrogens with two attached hydrogens (primary N) is 1. The largest absolute Gasteiger partial charge is 0.457 e. The van der Waals surface area contributed by atoms with E-state index in [2.05, 4.69) is 0 Å². The minimum atomic E-state index is -0.318. The first kappa shape index (κ1) is 17.3. The van der Waals surface area contributed by atoms with Crippen LogP contribution in [0.3, 0.4) is 0 Å². The van der Waals surface area contributed by atoms with Gasteiger partial charge in [0, 0.05) is 30.1 Å². The zero-order chi connectivity index (χ0) is 17.8. The Labute approximate surface area is 151 Å². The van der Waals surface area contributed by atoms with Crippen molar-refractivity contribution in [1.29, 1.82) is 0 Å². The van der Waals surface area contributed by atoms with Crippen LogP contribution in [0, 0.1) is 5.92 Å². The van der Waals surface area contributed by atoms with E-state index in [0.717, 1.165) is 6.42 Å². The lowest BCUT2D eigenvalue weighted by Gasteiger charge is -2.16. The monoisotopic (exact) mass is 358 g/mol. The molecule has 2 aromatic carbocycles. The first-order valence-electron chi connectivity index (χ1n) is 8.12. The van der Waals surface area contributed by atoms with Crippen molar-refractivity contribution in [2.45, 2.75) is 12.8 Å². The summed E-state index contributed by atoms with van der Waals surface area (Å²) >= 11 is 5.93. The summed E-state index contributed by atoms with van der Waals surface area (Å²) in [6.07, 6.45) is 1.14. The fraction of sp³-hybridized carbons (Fsp3) is 0.263. The van der Waals surface area contributed by atoms with Crippen molar-refractivity contribution >= 4 is 23.4 Å². The Morgan fingerprint density at radius 2 is 1.92 bits per heavy atom. The second kappa shape index (κ2) is 7.57. The van der Waals surface area contributed by atoms with Gasteiger partial charge in [0.05, 0.1) is 0 Å². The van der Waals surface area contributed by atoms with E-state index in [4.69, 9.17) is 22.1 Å². The first-order valence-corrected chi connectivity index (χ1v) is 8.50. The molecule has 0 radical (unpaired) electrons. The second-order valence-corrected chi connectivity index (χ2v) is 6.60. The second-order valence-electron chi connectivity index (χ2n) is 6.16. The molecule has 1 aliphatic rings.